The lowest BCUT2D eigenvalue weighted by Crippen LogP contribution is -2.48. The van der Waals surface area contributed by atoms with Crippen LogP contribution in [0.4, 0.5) is 0 Å². The van der Waals surface area contributed by atoms with E-state index in [0.717, 1.165) is 12.8 Å². The molecule has 3 N–H and O–H groups in total. The van der Waals surface area contributed by atoms with E-state index in [2.05, 4.69) is 25.1 Å². The standard InChI is InChI=1S/C20H33NO/c1-3-4-5-6-7-8-9-16-10-11-17-13-19(14-18(17)12-16)20(2,21)15-22/h10-12,19,22H,3-9,13-15,21H2,1-2H3/t19-,20-/m1/s1. The molecule has 0 aromatic heterocycles. The van der Waals surface area contributed by atoms with Crippen LogP contribution >= 0.6 is 0 Å². The largest absolute Gasteiger partial charge is 0.394 e. The lowest BCUT2D eigenvalue weighted by Gasteiger charge is -2.29. The maximum absolute atomic E-state index is 9.47. The van der Waals surface area contributed by atoms with E-state index < -0.39 is 5.54 Å². The molecule has 0 unspecified atom stereocenters. The third kappa shape index (κ3) is 4.57. The minimum atomic E-state index is -0.460. The molecule has 0 amide bonds. The van der Waals surface area contributed by atoms with Crippen LogP contribution in [0.3, 0.4) is 0 Å². The Morgan fingerprint density at radius 1 is 1.09 bits per heavy atom. The Hall–Kier alpha value is -0.860. The van der Waals surface area contributed by atoms with Gasteiger partial charge in [0.2, 0.25) is 0 Å². The first-order chi connectivity index (χ1) is 10.6. The van der Waals surface area contributed by atoms with Gasteiger partial charge in [-0.1, -0.05) is 57.2 Å². The molecule has 0 spiro atoms. The van der Waals surface area contributed by atoms with Gasteiger partial charge >= 0.3 is 0 Å². The predicted molar refractivity (Wildman–Crippen MR) is 94.1 cm³/mol. The number of unbranched alkanes of at least 4 members (excludes halogenated alkanes) is 5. The van der Waals surface area contributed by atoms with Crippen LogP contribution in [0.1, 0.15) is 69.1 Å². The highest BCUT2D eigenvalue weighted by Gasteiger charge is 2.34. The fraction of sp³-hybridized carbons (Fsp3) is 0.700. The first-order valence-electron chi connectivity index (χ1n) is 9.07. The van der Waals surface area contributed by atoms with Gasteiger partial charge < -0.3 is 10.8 Å². The number of aliphatic hydroxyl groups is 1. The second-order valence-corrected chi connectivity index (χ2v) is 7.39. The normalized spacial score (nSPS) is 19.9. The van der Waals surface area contributed by atoms with Crippen molar-refractivity contribution in [2.75, 3.05) is 6.61 Å². The van der Waals surface area contributed by atoms with Gasteiger partial charge in [0.1, 0.15) is 0 Å². The van der Waals surface area contributed by atoms with Crippen molar-refractivity contribution in [2.24, 2.45) is 11.7 Å². The van der Waals surface area contributed by atoms with Crippen molar-refractivity contribution in [3.05, 3.63) is 34.9 Å². The fourth-order valence-electron chi connectivity index (χ4n) is 3.53. The molecule has 1 aliphatic rings. The Kier molecular flexibility index (Phi) is 6.46. The summed E-state index contributed by atoms with van der Waals surface area (Å²) in [5.74, 6) is 0.372. The number of aliphatic hydroxyl groups excluding tert-OH is 1. The van der Waals surface area contributed by atoms with E-state index in [1.54, 1.807) is 0 Å². The zero-order valence-corrected chi connectivity index (χ0v) is 14.4. The molecule has 1 aromatic rings. The molecule has 1 aliphatic carbocycles. The average Bonchev–Trinajstić information content (AvgIpc) is 2.95. The summed E-state index contributed by atoms with van der Waals surface area (Å²) in [5, 5.41) is 9.47. The lowest BCUT2D eigenvalue weighted by atomic mass is 9.85. The number of nitrogens with two attached hydrogens (primary N) is 1. The second kappa shape index (κ2) is 8.12. The van der Waals surface area contributed by atoms with Crippen molar-refractivity contribution in [1.82, 2.24) is 0 Å². The van der Waals surface area contributed by atoms with E-state index in [4.69, 9.17) is 5.73 Å². The van der Waals surface area contributed by atoms with Crippen LogP contribution in [0.5, 0.6) is 0 Å². The van der Waals surface area contributed by atoms with Gasteiger partial charge in [-0.05, 0) is 55.2 Å². The molecule has 2 heteroatoms. The quantitative estimate of drug-likeness (QED) is 0.677. The minimum absolute atomic E-state index is 0.0657. The number of hydrogen-bond donors (Lipinski definition) is 2. The molecular formula is C20H33NO. The molecule has 0 bridgehead atoms. The molecule has 2 atom stereocenters. The van der Waals surface area contributed by atoms with Crippen molar-refractivity contribution in [3.63, 3.8) is 0 Å². The first-order valence-corrected chi connectivity index (χ1v) is 9.07. The van der Waals surface area contributed by atoms with Crippen molar-refractivity contribution in [3.8, 4) is 0 Å². The molecule has 0 radical (unpaired) electrons. The molecule has 124 valence electrons. The Labute approximate surface area is 136 Å². The highest BCUT2D eigenvalue weighted by atomic mass is 16.3. The number of rotatable bonds is 9. The van der Waals surface area contributed by atoms with Gasteiger partial charge in [0.05, 0.1) is 6.61 Å². The molecule has 0 fully saturated rings. The topological polar surface area (TPSA) is 46.2 Å². The highest BCUT2D eigenvalue weighted by molar-refractivity contribution is 5.37. The molecule has 0 heterocycles. The predicted octanol–water partition coefficient (Wildman–Crippen LogP) is 4.01. The zero-order valence-electron chi connectivity index (χ0n) is 14.4. The number of fused-ring (bicyclic) bond motifs is 1. The Bertz CT molecular complexity index is 467. The Balaban J connectivity index is 1.83. The molecule has 2 nitrogen and oxygen atoms in total. The van der Waals surface area contributed by atoms with Gasteiger partial charge in [-0.3, -0.25) is 0 Å². The molecule has 0 saturated heterocycles. The Morgan fingerprint density at radius 3 is 2.50 bits per heavy atom. The Morgan fingerprint density at radius 2 is 1.77 bits per heavy atom. The van der Waals surface area contributed by atoms with Crippen LogP contribution in [0, 0.1) is 5.92 Å². The molecular weight excluding hydrogens is 270 g/mol. The summed E-state index contributed by atoms with van der Waals surface area (Å²) in [6.07, 6.45) is 11.4. The first kappa shape index (κ1) is 17.5. The minimum Gasteiger partial charge on any atom is -0.394 e. The van der Waals surface area contributed by atoms with E-state index in [0.29, 0.717) is 5.92 Å². The summed E-state index contributed by atoms with van der Waals surface area (Å²) in [6, 6.07) is 6.96. The van der Waals surface area contributed by atoms with Crippen LogP contribution in [0.25, 0.3) is 0 Å². The second-order valence-electron chi connectivity index (χ2n) is 7.39. The molecule has 2 rings (SSSR count). The van der Waals surface area contributed by atoms with Gasteiger partial charge in [0.15, 0.2) is 0 Å². The van der Waals surface area contributed by atoms with Gasteiger partial charge in [-0.2, -0.15) is 0 Å². The molecule has 1 aromatic carbocycles. The molecule has 0 aliphatic heterocycles. The van der Waals surface area contributed by atoms with Crippen molar-refractivity contribution in [2.45, 2.75) is 77.2 Å². The van der Waals surface area contributed by atoms with Crippen molar-refractivity contribution in [1.29, 1.82) is 0 Å². The summed E-state index contributed by atoms with van der Waals surface area (Å²) in [7, 11) is 0. The number of benzene rings is 1. The SMILES string of the molecule is CCCCCCCCc1ccc2c(c1)C[C@H]([C@](C)(N)CO)C2. The molecule has 22 heavy (non-hydrogen) atoms. The summed E-state index contributed by atoms with van der Waals surface area (Å²) in [5.41, 5.74) is 10.1. The van der Waals surface area contributed by atoms with E-state index in [1.807, 2.05) is 6.92 Å². The van der Waals surface area contributed by atoms with Crippen LogP contribution in [0.2, 0.25) is 0 Å². The summed E-state index contributed by atoms with van der Waals surface area (Å²) in [6.45, 7) is 4.30. The van der Waals surface area contributed by atoms with E-state index in [9.17, 15) is 5.11 Å². The third-order valence-electron chi connectivity index (χ3n) is 5.30. The van der Waals surface area contributed by atoms with E-state index in [1.165, 1.54) is 61.6 Å². The summed E-state index contributed by atoms with van der Waals surface area (Å²) >= 11 is 0. The third-order valence-corrected chi connectivity index (χ3v) is 5.30. The smallest absolute Gasteiger partial charge is 0.0611 e. The maximum Gasteiger partial charge on any atom is 0.0611 e. The summed E-state index contributed by atoms with van der Waals surface area (Å²) < 4.78 is 0. The fourth-order valence-corrected chi connectivity index (χ4v) is 3.53. The zero-order chi connectivity index (χ0) is 16.0. The molecule has 0 saturated carbocycles. The summed E-state index contributed by atoms with van der Waals surface area (Å²) in [4.78, 5) is 0. The van der Waals surface area contributed by atoms with E-state index >= 15 is 0 Å². The van der Waals surface area contributed by atoms with Crippen LogP contribution in [-0.2, 0) is 19.3 Å². The average molecular weight is 303 g/mol. The van der Waals surface area contributed by atoms with E-state index in [-0.39, 0.29) is 6.61 Å². The van der Waals surface area contributed by atoms with Crippen LogP contribution in [-0.4, -0.2) is 17.3 Å². The van der Waals surface area contributed by atoms with Crippen molar-refractivity contribution < 1.29 is 5.11 Å². The number of aryl methyl sites for hydroxylation is 1. The highest BCUT2D eigenvalue weighted by Crippen LogP contribution is 2.33. The van der Waals surface area contributed by atoms with Gasteiger partial charge in [0.25, 0.3) is 0 Å². The number of hydrogen-bond acceptors (Lipinski definition) is 2. The van der Waals surface area contributed by atoms with Gasteiger partial charge in [-0.25, -0.2) is 0 Å². The van der Waals surface area contributed by atoms with Crippen LogP contribution in [0.15, 0.2) is 18.2 Å². The maximum atomic E-state index is 9.47. The van der Waals surface area contributed by atoms with Crippen LogP contribution < -0.4 is 5.73 Å². The monoisotopic (exact) mass is 303 g/mol. The van der Waals surface area contributed by atoms with Crippen molar-refractivity contribution >= 4 is 0 Å². The lowest BCUT2D eigenvalue weighted by molar-refractivity contribution is 0.158. The van der Waals surface area contributed by atoms with Gasteiger partial charge in [0, 0.05) is 5.54 Å². The van der Waals surface area contributed by atoms with Gasteiger partial charge in [-0.15, -0.1) is 0 Å².